The van der Waals surface area contributed by atoms with Crippen LogP contribution >= 0.6 is 11.6 Å². The zero-order valence-electron chi connectivity index (χ0n) is 6.83. The minimum atomic E-state index is -1.33. The summed E-state index contributed by atoms with van der Waals surface area (Å²) in [5.41, 5.74) is 0. The zero-order valence-corrected chi connectivity index (χ0v) is 7.59. The third kappa shape index (κ3) is 1.43. The number of carbonyl (C=O) groups excluding carboxylic acids is 1. The molecule has 0 fully saturated rings. The minimum absolute atomic E-state index is 0.267. The number of halogens is 1. The van der Waals surface area contributed by atoms with Crippen LogP contribution in [-0.4, -0.2) is 25.8 Å². The van der Waals surface area contributed by atoms with Crippen molar-refractivity contribution < 1.29 is 14.3 Å². The molecule has 0 heterocycles. The van der Waals surface area contributed by atoms with Crippen molar-refractivity contribution in [3.8, 4) is 0 Å². The van der Waals surface area contributed by atoms with Gasteiger partial charge in [-0.1, -0.05) is 11.6 Å². The summed E-state index contributed by atoms with van der Waals surface area (Å²) in [7, 11) is 2.78. The highest BCUT2D eigenvalue weighted by Crippen LogP contribution is 2.24. The molecule has 0 saturated heterocycles. The molecule has 66 valence electrons. The molecule has 0 aromatic heterocycles. The molecule has 0 amide bonds. The fourth-order valence-electron chi connectivity index (χ4n) is 0.975. The first-order valence-corrected chi connectivity index (χ1v) is 3.73. The number of allylic oxidation sites excluding steroid dienone is 2. The summed E-state index contributed by atoms with van der Waals surface area (Å²) < 4.78 is 9.85. The van der Waals surface area contributed by atoms with Crippen molar-refractivity contribution in [2.24, 2.45) is 0 Å². The molecule has 0 aromatic carbocycles. The van der Waals surface area contributed by atoms with Crippen LogP contribution in [0.5, 0.6) is 0 Å². The fourth-order valence-corrected chi connectivity index (χ4v) is 1.18. The smallest absolute Gasteiger partial charge is 0.254 e. The van der Waals surface area contributed by atoms with Crippen molar-refractivity contribution in [2.75, 3.05) is 14.2 Å². The second-order valence-electron chi connectivity index (χ2n) is 2.30. The molecule has 3 nitrogen and oxygen atoms in total. The maximum atomic E-state index is 11.3. The molecule has 0 bridgehead atoms. The second-order valence-corrected chi connectivity index (χ2v) is 2.74. The van der Waals surface area contributed by atoms with Crippen LogP contribution in [0.4, 0.5) is 0 Å². The van der Waals surface area contributed by atoms with Crippen molar-refractivity contribution in [3.05, 3.63) is 23.3 Å². The summed E-state index contributed by atoms with van der Waals surface area (Å²) in [4.78, 5) is 11.3. The van der Waals surface area contributed by atoms with E-state index >= 15 is 0 Å². The summed E-state index contributed by atoms with van der Waals surface area (Å²) in [5, 5.41) is 0.429. The van der Waals surface area contributed by atoms with Gasteiger partial charge < -0.3 is 9.47 Å². The van der Waals surface area contributed by atoms with Gasteiger partial charge in [0.05, 0.1) is 0 Å². The molecule has 0 N–H and O–H groups in total. The quantitative estimate of drug-likeness (QED) is 0.612. The maximum Gasteiger partial charge on any atom is 0.254 e. The molecular formula is C8H9ClO3. The minimum Gasteiger partial charge on any atom is -0.343 e. The molecule has 0 radical (unpaired) electrons. The van der Waals surface area contributed by atoms with E-state index in [1.165, 1.54) is 32.4 Å². The van der Waals surface area contributed by atoms with E-state index in [2.05, 4.69) is 0 Å². The lowest BCUT2D eigenvalue weighted by Gasteiger charge is -2.26. The topological polar surface area (TPSA) is 35.5 Å². The van der Waals surface area contributed by atoms with Gasteiger partial charge in [-0.2, -0.15) is 0 Å². The summed E-state index contributed by atoms with van der Waals surface area (Å²) in [6, 6.07) is 0. The Bertz CT molecular complexity index is 251. The van der Waals surface area contributed by atoms with Crippen LogP contribution in [0.25, 0.3) is 0 Å². The van der Waals surface area contributed by atoms with E-state index in [4.69, 9.17) is 21.1 Å². The molecule has 1 aliphatic carbocycles. The molecule has 0 aliphatic heterocycles. The van der Waals surface area contributed by atoms with Crippen molar-refractivity contribution in [3.63, 3.8) is 0 Å². The van der Waals surface area contributed by atoms with E-state index in [1.807, 2.05) is 0 Å². The van der Waals surface area contributed by atoms with E-state index < -0.39 is 5.79 Å². The Kier molecular flexibility index (Phi) is 2.67. The highest BCUT2D eigenvalue weighted by atomic mass is 35.5. The number of methoxy groups -OCH3 is 2. The lowest BCUT2D eigenvalue weighted by molar-refractivity contribution is -0.181. The molecule has 1 rings (SSSR count). The number of hydrogen-bond acceptors (Lipinski definition) is 3. The molecule has 4 heteroatoms. The van der Waals surface area contributed by atoms with E-state index in [0.717, 1.165) is 0 Å². The third-order valence-corrected chi connectivity index (χ3v) is 1.91. The normalized spacial score (nSPS) is 20.9. The number of ketones is 1. The fraction of sp³-hybridized carbons (Fsp3) is 0.375. The average Bonchev–Trinajstić information content (AvgIpc) is 2.09. The SMILES string of the molecule is COC1(OC)C=C(Cl)C=CC1=O. The van der Waals surface area contributed by atoms with Gasteiger partial charge in [-0.25, -0.2) is 0 Å². The lowest BCUT2D eigenvalue weighted by atomic mass is 10.1. The van der Waals surface area contributed by atoms with Crippen LogP contribution in [-0.2, 0) is 14.3 Å². The van der Waals surface area contributed by atoms with E-state index in [9.17, 15) is 4.79 Å². The summed E-state index contributed by atoms with van der Waals surface area (Å²) in [5.74, 6) is -1.59. The Labute approximate surface area is 75.6 Å². The van der Waals surface area contributed by atoms with Crippen LogP contribution in [0.1, 0.15) is 0 Å². The van der Waals surface area contributed by atoms with Crippen molar-refractivity contribution in [2.45, 2.75) is 5.79 Å². The van der Waals surface area contributed by atoms with Crippen LogP contribution in [0.3, 0.4) is 0 Å². The number of hydrogen-bond donors (Lipinski definition) is 0. The summed E-state index contributed by atoms with van der Waals surface area (Å²) in [6.07, 6.45) is 4.26. The van der Waals surface area contributed by atoms with Gasteiger partial charge in [0.25, 0.3) is 5.79 Å². The van der Waals surface area contributed by atoms with Gasteiger partial charge in [-0.15, -0.1) is 0 Å². The Morgan fingerprint density at radius 1 is 1.33 bits per heavy atom. The highest BCUT2D eigenvalue weighted by molar-refractivity contribution is 6.32. The van der Waals surface area contributed by atoms with Gasteiger partial charge in [0.2, 0.25) is 5.78 Å². The Morgan fingerprint density at radius 2 is 1.92 bits per heavy atom. The zero-order chi connectivity index (χ0) is 9.19. The Balaban J connectivity index is 3.02. The standard InChI is InChI=1S/C8H9ClO3/c1-11-8(12-2)5-6(9)3-4-7(8)10/h3-5H,1-2H3. The van der Waals surface area contributed by atoms with Gasteiger partial charge in [-0.05, 0) is 12.2 Å². The number of ether oxygens (including phenoxy) is 2. The van der Waals surface area contributed by atoms with E-state index in [1.54, 1.807) is 0 Å². The van der Waals surface area contributed by atoms with Crippen LogP contribution in [0.2, 0.25) is 0 Å². The maximum absolute atomic E-state index is 11.3. The highest BCUT2D eigenvalue weighted by Gasteiger charge is 2.36. The molecule has 1 aliphatic rings. The first-order valence-electron chi connectivity index (χ1n) is 3.36. The molecule has 0 atom stereocenters. The predicted molar refractivity (Wildman–Crippen MR) is 44.8 cm³/mol. The molecule has 0 aromatic rings. The first kappa shape index (κ1) is 9.45. The molecule has 0 spiro atoms. The lowest BCUT2D eigenvalue weighted by Crippen LogP contribution is -2.41. The Morgan fingerprint density at radius 3 is 2.33 bits per heavy atom. The van der Waals surface area contributed by atoms with Gasteiger partial charge in [0.1, 0.15) is 0 Å². The van der Waals surface area contributed by atoms with Gasteiger partial charge in [-0.3, -0.25) is 4.79 Å². The van der Waals surface area contributed by atoms with Gasteiger partial charge >= 0.3 is 0 Å². The Hall–Kier alpha value is -0.640. The largest absolute Gasteiger partial charge is 0.343 e. The number of carbonyl (C=O) groups is 1. The molecule has 12 heavy (non-hydrogen) atoms. The predicted octanol–water partition coefficient (Wildman–Crippen LogP) is 1.24. The second kappa shape index (κ2) is 3.39. The molecular weight excluding hydrogens is 180 g/mol. The third-order valence-electron chi connectivity index (χ3n) is 1.67. The summed E-state index contributed by atoms with van der Waals surface area (Å²) in [6.45, 7) is 0. The summed E-state index contributed by atoms with van der Waals surface area (Å²) >= 11 is 5.69. The van der Waals surface area contributed by atoms with Crippen LogP contribution in [0.15, 0.2) is 23.3 Å². The van der Waals surface area contributed by atoms with Gasteiger partial charge in [0.15, 0.2) is 0 Å². The molecule has 0 unspecified atom stereocenters. The van der Waals surface area contributed by atoms with Crippen LogP contribution in [0, 0.1) is 0 Å². The monoisotopic (exact) mass is 188 g/mol. The van der Waals surface area contributed by atoms with Crippen molar-refractivity contribution >= 4 is 17.4 Å². The van der Waals surface area contributed by atoms with Crippen molar-refractivity contribution in [1.29, 1.82) is 0 Å². The van der Waals surface area contributed by atoms with E-state index in [-0.39, 0.29) is 5.78 Å². The molecule has 0 saturated carbocycles. The van der Waals surface area contributed by atoms with Crippen molar-refractivity contribution in [1.82, 2.24) is 0 Å². The average molecular weight is 189 g/mol. The van der Waals surface area contributed by atoms with E-state index in [0.29, 0.717) is 5.03 Å². The van der Waals surface area contributed by atoms with Gasteiger partial charge in [0, 0.05) is 25.3 Å². The van der Waals surface area contributed by atoms with Crippen LogP contribution < -0.4 is 0 Å². The number of rotatable bonds is 2. The first-order chi connectivity index (χ1) is 5.64.